The molecule has 9 heteroatoms. The van der Waals surface area contributed by atoms with Crippen LogP contribution in [-0.4, -0.2) is 34.1 Å². The summed E-state index contributed by atoms with van der Waals surface area (Å²) in [6, 6.07) is 7.60. The molecule has 1 aliphatic carbocycles. The quantitative estimate of drug-likeness (QED) is 0.381. The molecule has 0 atom stereocenters. The zero-order chi connectivity index (χ0) is 20.8. The number of allylic oxidation sites excluding steroid dienone is 6. The van der Waals surface area contributed by atoms with Gasteiger partial charge >= 0.3 is 0 Å². The van der Waals surface area contributed by atoms with Crippen LogP contribution in [0.25, 0.3) is 16.7 Å². The van der Waals surface area contributed by atoms with Crippen LogP contribution >= 0.6 is 11.9 Å². The molecule has 1 aromatic carbocycles. The van der Waals surface area contributed by atoms with Gasteiger partial charge in [-0.1, -0.05) is 47.7 Å². The lowest BCUT2D eigenvalue weighted by Gasteiger charge is -2.15. The molecule has 1 heterocycles. The highest BCUT2D eigenvalue weighted by molar-refractivity contribution is 7.97. The second kappa shape index (κ2) is 9.24. The maximum Gasteiger partial charge on any atom is 0.295 e. The van der Waals surface area contributed by atoms with Crippen molar-refractivity contribution in [2.24, 2.45) is 0 Å². The number of carbonyl (C=O) groups excluding carboxylic acids is 1. The first-order valence-electron chi connectivity index (χ1n) is 8.77. The van der Waals surface area contributed by atoms with Crippen LogP contribution in [0.15, 0.2) is 64.1 Å². The molecule has 1 amide bonds. The van der Waals surface area contributed by atoms with Gasteiger partial charge in [-0.25, -0.2) is 0 Å². The summed E-state index contributed by atoms with van der Waals surface area (Å²) in [6.07, 6.45) is 10.8. The van der Waals surface area contributed by atoms with Crippen LogP contribution in [0.4, 0.5) is 0 Å². The largest absolute Gasteiger partial charge is 0.360 e. The zero-order valence-corrected chi connectivity index (χ0v) is 16.7. The van der Waals surface area contributed by atoms with Crippen molar-refractivity contribution in [2.45, 2.75) is 18.2 Å². The summed E-state index contributed by atoms with van der Waals surface area (Å²) in [6.45, 7) is 1.26. The lowest BCUT2D eigenvalue weighted by atomic mass is 9.98. The summed E-state index contributed by atoms with van der Waals surface area (Å²) in [4.78, 5) is 27.0. The lowest BCUT2D eigenvalue weighted by molar-refractivity contribution is -0.754. The van der Waals surface area contributed by atoms with Gasteiger partial charge in [0.1, 0.15) is 11.5 Å². The van der Waals surface area contributed by atoms with Gasteiger partial charge in [0.2, 0.25) is 0 Å². The molecule has 1 aliphatic rings. The van der Waals surface area contributed by atoms with Gasteiger partial charge < -0.3 is 9.36 Å². The molecule has 3 rings (SSSR count). The summed E-state index contributed by atoms with van der Waals surface area (Å²) in [5.41, 5.74) is 3.76. The molecule has 0 spiro atoms. The molecule has 8 nitrogen and oxygen atoms in total. The molecule has 2 aromatic rings. The van der Waals surface area contributed by atoms with Crippen LogP contribution in [0.5, 0.6) is 0 Å². The van der Waals surface area contributed by atoms with Crippen molar-refractivity contribution in [3.8, 4) is 11.1 Å². The Bertz CT molecular complexity index is 992. The molecule has 1 aromatic heterocycles. The third-order valence-corrected chi connectivity index (χ3v) is 5.15. The van der Waals surface area contributed by atoms with E-state index in [1.165, 1.54) is 11.4 Å². The fourth-order valence-corrected chi connectivity index (χ4v) is 3.50. The Balaban J connectivity index is 1.76. The third-order valence-electron chi connectivity index (χ3n) is 4.19. The number of hydrogen-bond acceptors (Lipinski definition) is 7. The molecule has 0 aliphatic heterocycles. The van der Waals surface area contributed by atoms with Crippen LogP contribution in [0.3, 0.4) is 0 Å². The minimum Gasteiger partial charge on any atom is -0.360 e. The van der Waals surface area contributed by atoms with Crippen molar-refractivity contribution >= 4 is 23.4 Å². The first-order chi connectivity index (χ1) is 14.0. The highest BCUT2D eigenvalue weighted by Crippen LogP contribution is 2.34. The molecular formula is C20H19N3O5S. The Labute approximate surface area is 171 Å². The SMILES string of the molecule is Cc1onc(C2=CC=CC=CC2)c1-c1ccc(SN(C)C(=O)CO[N+](=O)[O-])cc1. The van der Waals surface area contributed by atoms with E-state index in [-0.39, 0.29) is 0 Å². The number of amides is 1. The standard InChI is InChI=1S/C20H19N3O5S/c1-14-19(20(21-28-14)16-7-5-3-4-6-8-16)15-9-11-17(12-10-15)29-22(2)18(24)13-27-23(25)26/h3-7,9-12H,8,13H2,1-2H3. The molecule has 0 fully saturated rings. The zero-order valence-electron chi connectivity index (χ0n) is 15.9. The number of benzene rings is 1. The predicted molar refractivity (Wildman–Crippen MR) is 109 cm³/mol. The maximum atomic E-state index is 11.8. The first kappa shape index (κ1) is 20.4. The fraction of sp³-hybridized carbons (Fsp3) is 0.200. The van der Waals surface area contributed by atoms with Crippen molar-refractivity contribution in [2.75, 3.05) is 13.7 Å². The van der Waals surface area contributed by atoms with E-state index in [9.17, 15) is 14.9 Å². The highest BCUT2D eigenvalue weighted by Gasteiger charge is 2.18. The van der Waals surface area contributed by atoms with Crippen LogP contribution in [-0.2, 0) is 9.63 Å². The van der Waals surface area contributed by atoms with E-state index in [4.69, 9.17) is 4.52 Å². The van der Waals surface area contributed by atoms with Crippen molar-refractivity contribution < 1.29 is 19.2 Å². The number of carbonyl (C=O) groups is 1. The second-order valence-electron chi connectivity index (χ2n) is 6.18. The molecule has 0 saturated heterocycles. The number of aryl methyl sites for hydroxylation is 1. The highest BCUT2D eigenvalue weighted by atomic mass is 32.2. The predicted octanol–water partition coefficient (Wildman–Crippen LogP) is 4.22. The molecule has 29 heavy (non-hydrogen) atoms. The topological polar surface area (TPSA) is 98.7 Å². The fourth-order valence-electron chi connectivity index (χ4n) is 2.77. The van der Waals surface area contributed by atoms with Crippen molar-refractivity contribution in [1.29, 1.82) is 0 Å². The summed E-state index contributed by atoms with van der Waals surface area (Å²) in [5, 5.41) is 13.5. The number of aromatic nitrogens is 1. The average molecular weight is 413 g/mol. The Hall–Kier alpha value is -3.33. The van der Waals surface area contributed by atoms with Crippen molar-refractivity contribution in [3.05, 3.63) is 76.2 Å². The van der Waals surface area contributed by atoms with Crippen LogP contribution < -0.4 is 0 Å². The van der Waals surface area contributed by atoms with E-state index in [1.807, 2.05) is 55.5 Å². The first-order valence-corrected chi connectivity index (χ1v) is 9.54. The molecule has 0 saturated carbocycles. The number of nitrogens with zero attached hydrogens (tertiary/aromatic N) is 3. The van der Waals surface area contributed by atoms with Crippen molar-refractivity contribution in [1.82, 2.24) is 9.46 Å². The van der Waals surface area contributed by atoms with Gasteiger partial charge in [0.05, 0.1) is 5.56 Å². The normalized spacial score (nSPS) is 13.0. The van der Waals surface area contributed by atoms with E-state index in [0.717, 1.165) is 51.4 Å². The van der Waals surface area contributed by atoms with E-state index in [2.05, 4.69) is 16.1 Å². The Kier molecular flexibility index (Phi) is 6.50. The third kappa shape index (κ3) is 5.14. The minimum absolute atomic E-state index is 0.505. The Morgan fingerprint density at radius 3 is 2.79 bits per heavy atom. The van der Waals surface area contributed by atoms with Gasteiger partial charge in [-0.05, 0) is 48.6 Å². The van der Waals surface area contributed by atoms with Crippen LogP contribution in [0.2, 0.25) is 0 Å². The molecule has 0 N–H and O–H groups in total. The summed E-state index contributed by atoms with van der Waals surface area (Å²) >= 11 is 1.16. The van der Waals surface area contributed by atoms with Crippen LogP contribution in [0, 0.1) is 17.0 Å². The van der Waals surface area contributed by atoms with Gasteiger partial charge in [-0.15, -0.1) is 10.1 Å². The lowest BCUT2D eigenvalue weighted by Crippen LogP contribution is -2.25. The molecule has 0 bridgehead atoms. The monoisotopic (exact) mass is 413 g/mol. The molecule has 0 unspecified atom stereocenters. The Morgan fingerprint density at radius 1 is 1.31 bits per heavy atom. The molecular weight excluding hydrogens is 394 g/mol. The van der Waals surface area contributed by atoms with Gasteiger partial charge in [0, 0.05) is 11.9 Å². The molecule has 0 radical (unpaired) electrons. The summed E-state index contributed by atoms with van der Waals surface area (Å²) in [5.74, 6) is 0.220. The summed E-state index contributed by atoms with van der Waals surface area (Å²) < 4.78 is 6.75. The van der Waals surface area contributed by atoms with E-state index < -0.39 is 17.6 Å². The second-order valence-corrected chi connectivity index (χ2v) is 7.38. The maximum absolute atomic E-state index is 11.8. The van der Waals surface area contributed by atoms with Gasteiger partial charge in [-0.3, -0.25) is 9.10 Å². The van der Waals surface area contributed by atoms with Crippen LogP contribution in [0.1, 0.15) is 17.9 Å². The minimum atomic E-state index is -0.987. The smallest absolute Gasteiger partial charge is 0.295 e. The number of hydrogen-bond donors (Lipinski definition) is 0. The number of likely N-dealkylation sites (N-methyl/N-ethyl adjacent to an activating group) is 1. The number of rotatable bonds is 7. The average Bonchev–Trinajstić information content (AvgIpc) is 2.91. The van der Waals surface area contributed by atoms with E-state index in [1.54, 1.807) is 0 Å². The van der Waals surface area contributed by atoms with Gasteiger partial charge in [-0.2, -0.15) is 0 Å². The Morgan fingerprint density at radius 2 is 2.07 bits per heavy atom. The van der Waals surface area contributed by atoms with Crippen molar-refractivity contribution in [3.63, 3.8) is 0 Å². The van der Waals surface area contributed by atoms with Gasteiger partial charge in [0.25, 0.3) is 11.0 Å². The summed E-state index contributed by atoms with van der Waals surface area (Å²) in [7, 11) is 1.53. The van der Waals surface area contributed by atoms with Gasteiger partial charge in [0.15, 0.2) is 6.61 Å². The van der Waals surface area contributed by atoms with E-state index in [0.29, 0.717) is 0 Å². The van der Waals surface area contributed by atoms with E-state index >= 15 is 0 Å². The molecule has 150 valence electrons.